The van der Waals surface area contributed by atoms with Gasteiger partial charge in [0.15, 0.2) is 0 Å². The van der Waals surface area contributed by atoms with Gasteiger partial charge < -0.3 is 19.9 Å². The number of ether oxygens (including phenoxy) is 1. The van der Waals surface area contributed by atoms with Crippen molar-refractivity contribution in [3.63, 3.8) is 0 Å². The second kappa shape index (κ2) is 10.8. The van der Waals surface area contributed by atoms with Crippen LogP contribution >= 0.6 is 23.4 Å². The van der Waals surface area contributed by atoms with Crippen LogP contribution in [-0.4, -0.2) is 67.0 Å². The first kappa shape index (κ1) is 25.4. The molecule has 0 bridgehead atoms. The molecule has 2 saturated heterocycles. The number of rotatable bonds is 6. The van der Waals surface area contributed by atoms with E-state index < -0.39 is 0 Å². The summed E-state index contributed by atoms with van der Waals surface area (Å²) in [5.74, 6) is -0.386. The molecule has 3 rings (SSSR count). The summed E-state index contributed by atoms with van der Waals surface area (Å²) in [5, 5.41) is 6.09. The second-order valence-corrected chi connectivity index (χ2v) is 10.5. The molecule has 0 aliphatic carbocycles. The number of piperidine rings is 1. The van der Waals surface area contributed by atoms with Crippen LogP contribution in [0, 0.1) is 0 Å². The molecule has 2 N–H and O–H groups in total. The Hall–Kier alpha value is -2.23. The van der Waals surface area contributed by atoms with E-state index in [1.165, 1.54) is 7.11 Å². The van der Waals surface area contributed by atoms with Gasteiger partial charge >= 0.3 is 6.09 Å². The Kier molecular flexibility index (Phi) is 8.31. The average molecular weight is 495 g/mol. The number of carbonyl (C=O) groups is 3. The highest BCUT2D eigenvalue weighted by Gasteiger charge is 2.29. The lowest BCUT2D eigenvalue weighted by atomic mass is 10.0. The van der Waals surface area contributed by atoms with Gasteiger partial charge in [-0.3, -0.25) is 14.9 Å². The van der Waals surface area contributed by atoms with Crippen LogP contribution in [0.3, 0.4) is 0 Å². The molecular formula is C23H31ClN4O4S. The minimum absolute atomic E-state index is 0.223. The summed E-state index contributed by atoms with van der Waals surface area (Å²) in [6, 6.07) is 5.80. The summed E-state index contributed by atoms with van der Waals surface area (Å²) in [7, 11) is 1.40. The number of imide groups is 1. The Bertz CT molecular complexity index is 947. The molecule has 1 atom stereocenters. The van der Waals surface area contributed by atoms with Crippen LogP contribution in [0.15, 0.2) is 23.1 Å². The Balaban J connectivity index is 1.70. The molecule has 2 aliphatic rings. The molecule has 180 valence electrons. The van der Waals surface area contributed by atoms with E-state index in [9.17, 15) is 14.4 Å². The van der Waals surface area contributed by atoms with Gasteiger partial charge in [0.05, 0.1) is 22.7 Å². The Labute approximate surface area is 204 Å². The highest BCUT2D eigenvalue weighted by atomic mass is 35.5. The molecule has 0 radical (unpaired) electrons. The van der Waals surface area contributed by atoms with Gasteiger partial charge in [-0.25, -0.2) is 4.79 Å². The van der Waals surface area contributed by atoms with E-state index in [-0.39, 0.29) is 28.8 Å². The maximum absolute atomic E-state index is 12.1. The van der Waals surface area contributed by atoms with Crippen LogP contribution in [0.4, 0.5) is 15.3 Å². The Morgan fingerprint density at radius 2 is 2.15 bits per heavy atom. The van der Waals surface area contributed by atoms with E-state index >= 15 is 0 Å². The van der Waals surface area contributed by atoms with Gasteiger partial charge in [0.25, 0.3) is 11.1 Å². The summed E-state index contributed by atoms with van der Waals surface area (Å²) >= 11 is 7.48. The van der Waals surface area contributed by atoms with Gasteiger partial charge in [-0.2, -0.15) is 0 Å². The van der Waals surface area contributed by atoms with Gasteiger partial charge in [0.1, 0.15) is 0 Å². The monoisotopic (exact) mass is 494 g/mol. The zero-order valence-electron chi connectivity index (χ0n) is 19.4. The number of hydrogen-bond acceptors (Lipinski definition) is 7. The summed E-state index contributed by atoms with van der Waals surface area (Å²) in [6.45, 7) is 8.71. The molecule has 10 heteroatoms. The van der Waals surface area contributed by atoms with Crippen LogP contribution < -0.4 is 15.5 Å². The SMILES string of the molecule is COC(=O)N(CCN[C@@H]1CCCN(c2c(Cl)cccc2C=C2SC(=O)NC2=O)C1)C(C)(C)C. The normalized spacial score (nSPS) is 20.2. The maximum Gasteiger partial charge on any atom is 0.409 e. The van der Waals surface area contributed by atoms with Crippen molar-refractivity contribution >= 4 is 52.4 Å². The van der Waals surface area contributed by atoms with Crippen LogP contribution in [0.2, 0.25) is 5.02 Å². The molecule has 8 nitrogen and oxygen atoms in total. The molecule has 3 amide bonds. The minimum Gasteiger partial charge on any atom is -0.453 e. The van der Waals surface area contributed by atoms with Crippen molar-refractivity contribution in [2.45, 2.75) is 45.2 Å². The van der Waals surface area contributed by atoms with Crippen molar-refractivity contribution in [2.24, 2.45) is 0 Å². The fraction of sp³-hybridized carbons (Fsp3) is 0.522. The minimum atomic E-state index is -0.386. The van der Waals surface area contributed by atoms with Gasteiger partial charge in [-0.1, -0.05) is 23.7 Å². The van der Waals surface area contributed by atoms with E-state index in [4.69, 9.17) is 16.3 Å². The third kappa shape index (κ3) is 6.43. The number of thioether (sulfide) groups is 1. The standard InChI is InChI=1S/C23H31ClN4O4S/c1-23(2,3)28(22(31)32-4)12-10-25-16-8-6-11-27(14-16)19-15(7-5-9-17(19)24)13-18-20(29)26-21(30)33-18/h5,7,9,13,16,25H,6,8,10-12,14H2,1-4H3,(H,26,29,30)/t16-/m1/s1. The van der Waals surface area contributed by atoms with Crippen molar-refractivity contribution in [2.75, 3.05) is 38.2 Å². The largest absolute Gasteiger partial charge is 0.453 e. The first-order chi connectivity index (χ1) is 15.6. The number of benzene rings is 1. The quantitative estimate of drug-likeness (QED) is 0.575. The fourth-order valence-corrected chi connectivity index (χ4v) is 5.06. The Morgan fingerprint density at radius 1 is 1.39 bits per heavy atom. The highest BCUT2D eigenvalue weighted by molar-refractivity contribution is 8.18. The predicted molar refractivity (Wildman–Crippen MR) is 133 cm³/mol. The molecule has 2 heterocycles. The molecule has 2 aliphatic heterocycles. The molecule has 0 spiro atoms. The molecule has 1 aromatic carbocycles. The fourth-order valence-electron chi connectivity index (χ4n) is 4.08. The molecule has 0 unspecified atom stereocenters. The number of methoxy groups -OCH3 is 1. The number of anilines is 1. The number of hydrogen-bond donors (Lipinski definition) is 2. The number of carbonyl (C=O) groups excluding carboxylic acids is 3. The van der Waals surface area contributed by atoms with Gasteiger partial charge in [0, 0.05) is 43.3 Å². The zero-order valence-corrected chi connectivity index (χ0v) is 21.0. The number of nitrogens with one attached hydrogen (secondary N) is 2. The molecular weight excluding hydrogens is 464 g/mol. The van der Waals surface area contributed by atoms with E-state index in [1.807, 2.05) is 39.0 Å². The molecule has 1 aromatic rings. The number of halogens is 1. The van der Waals surface area contributed by atoms with Crippen LogP contribution in [-0.2, 0) is 9.53 Å². The van der Waals surface area contributed by atoms with Crippen molar-refractivity contribution < 1.29 is 19.1 Å². The molecule has 0 aromatic heterocycles. The second-order valence-electron chi connectivity index (χ2n) is 9.06. The van der Waals surface area contributed by atoms with E-state index in [1.54, 1.807) is 11.0 Å². The molecule has 2 fully saturated rings. The smallest absolute Gasteiger partial charge is 0.409 e. The average Bonchev–Trinajstić information content (AvgIpc) is 3.06. The first-order valence-corrected chi connectivity index (χ1v) is 12.2. The lowest BCUT2D eigenvalue weighted by Gasteiger charge is -2.38. The summed E-state index contributed by atoms with van der Waals surface area (Å²) < 4.78 is 4.93. The number of amides is 3. The maximum atomic E-state index is 12.1. The van der Waals surface area contributed by atoms with Gasteiger partial charge in [0.2, 0.25) is 0 Å². The summed E-state index contributed by atoms with van der Waals surface area (Å²) in [4.78, 5) is 40.0. The molecule has 33 heavy (non-hydrogen) atoms. The summed E-state index contributed by atoms with van der Waals surface area (Å²) in [6.07, 6.45) is 3.38. The van der Waals surface area contributed by atoms with Crippen LogP contribution in [0.5, 0.6) is 0 Å². The first-order valence-electron chi connectivity index (χ1n) is 11.0. The summed E-state index contributed by atoms with van der Waals surface area (Å²) in [5.41, 5.74) is 1.33. The number of para-hydroxylation sites is 1. The number of nitrogens with zero attached hydrogens (tertiary/aromatic N) is 2. The third-order valence-electron chi connectivity index (χ3n) is 5.66. The van der Waals surface area contributed by atoms with Crippen molar-refractivity contribution in [1.82, 2.24) is 15.5 Å². The van der Waals surface area contributed by atoms with Crippen LogP contribution in [0.25, 0.3) is 6.08 Å². The molecule has 0 saturated carbocycles. The topological polar surface area (TPSA) is 91.0 Å². The lowest BCUT2D eigenvalue weighted by Crippen LogP contribution is -2.51. The Morgan fingerprint density at radius 3 is 2.79 bits per heavy atom. The van der Waals surface area contributed by atoms with Crippen LogP contribution in [0.1, 0.15) is 39.2 Å². The zero-order chi connectivity index (χ0) is 24.2. The van der Waals surface area contributed by atoms with E-state index in [0.717, 1.165) is 48.9 Å². The van der Waals surface area contributed by atoms with Crippen molar-refractivity contribution in [3.05, 3.63) is 33.7 Å². The predicted octanol–water partition coefficient (Wildman–Crippen LogP) is 4.09. The third-order valence-corrected chi connectivity index (χ3v) is 6.77. The highest BCUT2D eigenvalue weighted by Crippen LogP contribution is 2.35. The van der Waals surface area contributed by atoms with E-state index in [2.05, 4.69) is 15.5 Å². The van der Waals surface area contributed by atoms with Crippen molar-refractivity contribution in [1.29, 1.82) is 0 Å². The van der Waals surface area contributed by atoms with Gasteiger partial charge in [-0.05, 0) is 57.5 Å². The lowest BCUT2D eigenvalue weighted by molar-refractivity contribution is -0.115. The van der Waals surface area contributed by atoms with Crippen molar-refractivity contribution in [3.8, 4) is 0 Å². The van der Waals surface area contributed by atoms with E-state index in [0.29, 0.717) is 23.0 Å². The van der Waals surface area contributed by atoms with Gasteiger partial charge in [-0.15, -0.1) is 0 Å².